The molecule has 3 atom stereocenters. The molecular formula is C20H22FN3O2S. The highest BCUT2D eigenvalue weighted by Crippen LogP contribution is 2.33. The summed E-state index contributed by atoms with van der Waals surface area (Å²) < 4.78 is 13.2. The van der Waals surface area contributed by atoms with Crippen molar-refractivity contribution >= 4 is 23.2 Å². The number of likely N-dealkylation sites (tertiary alicyclic amines) is 1. The number of fused-ring (bicyclic) bond motifs is 1. The predicted molar refractivity (Wildman–Crippen MR) is 101 cm³/mol. The van der Waals surface area contributed by atoms with E-state index in [0.29, 0.717) is 17.7 Å². The van der Waals surface area contributed by atoms with Gasteiger partial charge in [0.25, 0.3) is 5.91 Å². The number of thiazole rings is 1. The summed E-state index contributed by atoms with van der Waals surface area (Å²) in [4.78, 5) is 32.0. The molecule has 2 saturated heterocycles. The van der Waals surface area contributed by atoms with Gasteiger partial charge in [-0.3, -0.25) is 14.6 Å². The minimum absolute atomic E-state index is 0.00528. The van der Waals surface area contributed by atoms with E-state index in [1.54, 1.807) is 23.8 Å². The van der Waals surface area contributed by atoms with Crippen LogP contribution in [0.1, 0.15) is 47.3 Å². The third-order valence-electron chi connectivity index (χ3n) is 5.50. The molecule has 3 heterocycles. The van der Waals surface area contributed by atoms with E-state index in [4.69, 9.17) is 0 Å². The lowest BCUT2D eigenvalue weighted by atomic mass is 9.97. The second-order valence-electron chi connectivity index (χ2n) is 7.29. The van der Waals surface area contributed by atoms with E-state index in [-0.39, 0.29) is 35.8 Å². The van der Waals surface area contributed by atoms with E-state index in [2.05, 4.69) is 10.3 Å². The number of rotatable bonds is 3. The molecule has 0 spiro atoms. The minimum atomic E-state index is -0.267. The smallest absolute Gasteiger partial charge is 0.266 e. The van der Waals surface area contributed by atoms with Gasteiger partial charge >= 0.3 is 0 Å². The summed E-state index contributed by atoms with van der Waals surface area (Å²) in [6.45, 7) is 0. The van der Waals surface area contributed by atoms with Crippen molar-refractivity contribution in [2.24, 2.45) is 0 Å². The van der Waals surface area contributed by atoms with Gasteiger partial charge in [0, 0.05) is 12.5 Å². The molecule has 2 aromatic rings. The normalized spacial score (nSPS) is 25.4. The molecule has 2 fully saturated rings. The number of aromatic nitrogens is 1. The van der Waals surface area contributed by atoms with Gasteiger partial charge in [-0.15, -0.1) is 11.3 Å². The van der Waals surface area contributed by atoms with Gasteiger partial charge in [0.1, 0.15) is 10.7 Å². The summed E-state index contributed by atoms with van der Waals surface area (Å²) in [6, 6.07) is 6.37. The third-order valence-corrected chi connectivity index (χ3v) is 6.26. The Balaban J connectivity index is 1.63. The van der Waals surface area contributed by atoms with E-state index in [1.165, 1.54) is 23.5 Å². The monoisotopic (exact) mass is 387 g/mol. The van der Waals surface area contributed by atoms with Crippen LogP contribution in [0.15, 0.2) is 36.0 Å². The Hall–Kier alpha value is -2.28. The molecule has 2 aliphatic heterocycles. The van der Waals surface area contributed by atoms with Crippen molar-refractivity contribution in [1.29, 1.82) is 0 Å². The number of hydrogen-bond donors (Lipinski definition) is 1. The molecule has 0 aliphatic carbocycles. The first-order valence-corrected chi connectivity index (χ1v) is 10.2. The summed E-state index contributed by atoms with van der Waals surface area (Å²) in [5.41, 5.74) is 2.65. The summed E-state index contributed by atoms with van der Waals surface area (Å²) in [7, 11) is 0. The number of nitrogens with one attached hydrogen (secondary N) is 1. The molecular weight excluding hydrogens is 365 g/mol. The van der Waals surface area contributed by atoms with Gasteiger partial charge in [0.05, 0.1) is 23.8 Å². The lowest BCUT2D eigenvalue weighted by Crippen LogP contribution is -2.48. The summed E-state index contributed by atoms with van der Waals surface area (Å²) in [5.74, 6) is -0.221. The average molecular weight is 387 g/mol. The van der Waals surface area contributed by atoms with Crippen LogP contribution in [-0.2, 0) is 11.2 Å². The first-order chi connectivity index (χ1) is 13.1. The summed E-state index contributed by atoms with van der Waals surface area (Å²) in [6.07, 6.45) is 6.19. The van der Waals surface area contributed by atoms with E-state index >= 15 is 0 Å². The number of carbonyl (C=O) groups excluding carboxylic acids is 2. The standard InChI is InChI=1S/C20H22FN3O2S/c21-14-7-5-13(6-8-14)9-15-10-16-17(3-1-2-4-19(25)23-16)24(15)20(26)18-11-22-12-27-18/h5-8,11-12,15-17H,1-4,9-10H2,(H,23,25)/t15-,16+,17-/m0/s1. The molecule has 1 aromatic carbocycles. The fraction of sp³-hybridized carbons (Fsp3) is 0.450. The number of hydrogen-bond acceptors (Lipinski definition) is 4. The van der Waals surface area contributed by atoms with Gasteiger partial charge in [-0.2, -0.15) is 0 Å². The molecule has 27 heavy (non-hydrogen) atoms. The zero-order chi connectivity index (χ0) is 18.8. The highest BCUT2D eigenvalue weighted by atomic mass is 32.1. The second-order valence-corrected chi connectivity index (χ2v) is 8.17. The molecule has 0 saturated carbocycles. The van der Waals surface area contributed by atoms with Crippen LogP contribution in [0.4, 0.5) is 4.39 Å². The Morgan fingerprint density at radius 1 is 1.30 bits per heavy atom. The molecule has 2 amide bonds. The SMILES string of the molecule is O=C1CCCC[C@H]2[C@@H](C[C@H](Cc3ccc(F)cc3)N2C(=O)c2cncs2)N1. The summed E-state index contributed by atoms with van der Waals surface area (Å²) in [5, 5.41) is 3.13. The quantitative estimate of drug-likeness (QED) is 0.880. The van der Waals surface area contributed by atoms with Crippen molar-refractivity contribution < 1.29 is 14.0 Å². The predicted octanol–water partition coefficient (Wildman–Crippen LogP) is 3.17. The van der Waals surface area contributed by atoms with Crippen molar-refractivity contribution in [1.82, 2.24) is 15.2 Å². The van der Waals surface area contributed by atoms with Gasteiger partial charge in [0.2, 0.25) is 5.91 Å². The Bertz CT molecular complexity index is 809. The van der Waals surface area contributed by atoms with Crippen LogP contribution in [0, 0.1) is 5.82 Å². The van der Waals surface area contributed by atoms with Gasteiger partial charge in [-0.1, -0.05) is 18.6 Å². The van der Waals surface area contributed by atoms with E-state index in [1.807, 2.05) is 4.90 Å². The number of amides is 2. The highest BCUT2D eigenvalue weighted by Gasteiger charge is 2.44. The van der Waals surface area contributed by atoms with Crippen molar-refractivity contribution in [2.75, 3.05) is 0 Å². The van der Waals surface area contributed by atoms with Gasteiger partial charge < -0.3 is 10.2 Å². The zero-order valence-electron chi connectivity index (χ0n) is 14.9. The lowest BCUT2D eigenvalue weighted by molar-refractivity contribution is -0.122. The van der Waals surface area contributed by atoms with Crippen molar-refractivity contribution in [2.45, 2.75) is 56.7 Å². The number of nitrogens with zero attached hydrogens (tertiary/aromatic N) is 2. The van der Waals surface area contributed by atoms with Gasteiger partial charge in [-0.05, 0) is 43.4 Å². The zero-order valence-corrected chi connectivity index (χ0v) is 15.8. The Morgan fingerprint density at radius 2 is 2.11 bits per heavy atom. The average Bonchev–Trinajstić information content (AvgIpc) is 3.27. The molecule has 2 aliphatic rings. The third kappa shape index (κ3) is 3.88. The fourth-order valence-electron chi connectivity index (χ4n) is 4.28. The molecule has 1 N–H and O–H groups in total. The van der Waals surface area contributed by atoms with Crippen LogP contribution in [-0.4, -0.2) is 39.8 Å². The number of halogens is 1. The molecule has 0 unspecified atom stereocenters. The molecule has 0 bridgehead atoms. The van der Waals surface area contributed by atoms with Crippen LogP contribution in [0.3, 0.4) is 0 Å². The van der Waals surface area contributed by atoms with Crippen LogP contribution >= 0.6 is 11.3 Å². The first-order valence-electron chi connectivity index (χ1n) is 9.37. The lowest BCUT2D eigenvalue weighted by Gasteiger charge is -2.32. The second kappa shape index (κ2) is 7.76. The minimum Gasteiger partial charge on any atom is -0.351 e. The molecule has 5 nitrogen and oxygen atoms in total. The molecule has 7 heteroatoms. The van der Waals surface area contributed by atoms with Gasteiger partial charge in [-0.25, -0.2) is 4.39 Å². The fourth-order valence-corrected chi connectivity index (χ4v) is 4.84. The first kappa shape index (κ1) is 18.1. The van der Waals surface area contributed by atoms with E-state index in [9.17, 15) is 14.0 Å². The molecule has 0 radical (unpaired) electrons. The molecule has 1 aromatic heterocycles. The van der Waals surface area contributed by atoms with Gasteiger partial charge in [0.15, 0.2) is 0 Å². The molecule has 142 valence electrons. The van der Waals surface area contributed by atoms with Crippen LogP contribution in [0.5, 0.6) is 0 Å². The topological polar surface area (TPSA) is 62.3 Å². The van der Waals surface area contributed by atoms with E-state index in [0.717, 1.165) is 31.2 Å². The maximum Gasteiger partial charge on any atom is 0.266 e. The van der Waals surface area contributed by atoms with Crippen molar-refractivity contribution in [3.05, 3.63) is 52.2 Å². The maximum atomic E-state index is 13.2. The highest BCUT2D eigenvalue weighted by molar-refractivity contribution is 7.11. The van der Waals surface area contributed by atoms with Crippen LogP contribution in [0.25, 0.3) is 0 Å². The molecule has 4 rings (SSSR count). The Labute approximate surface area is 161 Å². The van der Waals surface area contributed by atoms with Crippen molar-refractivity contribution in [3.8, 4) is 0 Å². The number of benzene rings is 1. The van der Waals surface area contributed by atoms with Crippen molar-refractivity contribution in [3.63, 3.8) is 0 Å². The Morgan fingerprint density at radius 3 is 2.85 bits per heavy atom. The van der Waals surface area contributed by atoms with Crippen LogP contribution in [0.2, 0.25) is 0 Å². The largest absolute Gasteiger partial charge is 0.351 e. The summed E-state index contributed by atoms with van der Waals surface area (Å²) >= 11 is 1.34. The van der Waals surface area contributed by atoms with Crippen LogP contribution < -0.4 is 5.32 Å². The Kier molecular flexibility index (Phi) is 5.20. The number of carbonyl (C=O) groups is 2. The van der Waals surface area contributed by atoms with E-state index < -0.39 is 0 Å². The maximum absolute atomic E-state index is 13.2.